The van der Waals surface area contributed by atoms with Crippen molar-refractivity contribution in [3.05, 3.63) is 30.1 Å². The van der Waals surface area contributed by atoms with Gasteiger partial charge in [-0.2, -0.15) is 0 Å². The van der Waals surface area contributed by atoms with E-state index in [1.165, 1.54) is 0 Å². The Hall–Kier alpha value is -0.970. The van der Waals surface area contributed by atoms with Gasteiger partial charge in [0.1, 0.15) is 0 Å². The molecule has 0 saturated heterocycles. The van der Waals surface area contributed by atoms with Gasteiger partial charge in [0, 0.05) is 50.9 Å². The summed E-state index contributed by atoms with van der Waals surface area (Å²) in [6, 6.07) is 5.91. The summed E-state index contributed by atoms with van der Waals surface area (Å²) in [4.78, 5) is 4.39. The van der Waals surface area contributed by atoms with E-state index in [0.29, 0.717) is 6.54 Å². The summed E-state index contributed by atoms with van der Waals surface area (Å²) in [5.41, 5.74) is 6.82. The normalized spacial score (nSPS) is 21.4. The standard InChI is InChI=1S/C12H18N2O2/c1-15-12(16-2)7-11(8-12,9-13)10-5-3-4-6-14-10/h3-6H,7-9,13H2,1-2H3. The van der Waals surface area contributed by atoms with Gasteiger partial charge in [-0.15, -0.1) is 0 Å². The minimum absolute atomic E-state index is 0.0900. The molecule has 1 aliphatic rings. The third-order valence-corrected chi connectivity index (χ3v) is 3.56. The Labute approximate surface area is 95.8 Å². The molecule has 1 aromatic rings. The Morgan fingerprint density at radius 2 is 2.00 bits per heavy atom. The van der Waals surface area contributed by atoms with Gasteiger partial charge < -0.3 is 15.2 Å². The maximum Gasteiger partial charge on any atom is 0.169 e. The third kappa shape index (κ3) is 1.63. The monoisotopic (exact) mass is 222 g/mol. The molecular weight excluding hydrogens is 204 g/mol. The zero-order chi connectivity index (χ0) is 11.6. The van der Waals surface area contributed by atoms with Gasteiger partial charge in [-0.3, -0.25) is 4.98 Å². The predicted molar refractivity (Wildman–Crippen MR) is 61.0 cm³/mol. The first-order chi connectivity index (χ1) is 7.70. The van der Waals surface area contributed by atoms with Crippen LogP contribution in [0.3, 0.4) is 0 Å². The van der Waals surface area contributed by atoms with Crippen molar-refractivity contribution < 1.29 is 9.47 Å². The average Bonchev–Trinajstić information content (AvgIpc) is 2.31. The van der Waals surface area contributed by atoms with Crippen molar-refractivity contribution in [2.45, 2.75) is 24.0 Å². The molecular formula is C12H18N2O2. The van der Waals surface area contributed by atoms with Crippen LogP contribution < -0.4 is 5.73 Å². The van der Waals surface area contributed by atoms with E-state index in [1.54, 1.807) is 20.4 Å². The summed E-state index contributed by atoms with van der Waals surface area (Å²) in [5, 5.41) is 0. The first-order valence-corrected chi connectivity index (χ1v) is 5.42. The van der Waals surface area contributed by atoms with Gasteiger partial charge >= 0.3 is 0 Å². The fraction of sp³-hybridized carbons (Fsp3) is 0.583. The van der Waals surface area contributed by atoms with E-state index in [2.05, 4.69) is 4.98 Å². The Morgan fingerprint density at radius 1 is 1.31 bits per heavy atom. The number of hydrogen-bond donors (Lipinski definition) is 1. The maximum atomic E-state index is 5.88. The van der Waals surface area contributed by atoms with Crippen LogP contribution >= 0.6 is 0 Å². The number of rotatable bonds is 4. The molecule has 1 aliphatic carbocycles. The van der Waals surface area contributed by atoms with E-state index in [1.807, 2.05) is 18.2 Å². The summed E-state index contributed by atoms with van der Waals surface area (Å²) in [7, 11) is 3.34. The van der Waals surface area contributed by atoms with Crippen LogP contribution in [0.1, 0.15) is 18.5 Å². The zero-order valence-electron chi connectivity index (χ0n) is 9.77. The molecule has 1 aromatic heterocycles. The Morgan fingerprint density at radius 3 is 2.44 bits per heavy atom. The van der Waals surface area contributed by atoms with E-state index in [4.69, 9.17) is 15.2 Å². The average molecular weight is 222 g/mol. The summed E-state index contributed by atoms with van der Waals surface area (Å²) < 4.78 is 10.8. The summed E-state index contributed by atoms with van der Waals surface area (Å²) in [6.07, 6.45) is 3.33. The van der Waals surface area contributed by atoms with E-state index in [-0.39, 0.29) is 5.41 Å². The van der Waals surface area contributed by atoms with Gasteiger partial charge in [0.25, 0.3) is 0 Å². The predicted octanol–water partition coefficient (Wildman–Crippen LogP) is 1.06. The van der Waals surface area contributed by atoms with Crippen molar-refractivity contribution in [1.29, 1.82) is 0 Å². The molecule has 0 bridgehead atoms. The lowest BCUT2D eigenvalue weighted by Crippen LogP contribution is -2.60. The van der Waals surface area contributed by atoms with Gasteiger partial charge in [-0.1, -0.05) is 6.07 Å². The summed E-state index contributed by atoms with van der Waals surface area (Å²) in [6.45, 7) is 0.568. The van der Waals surface area contributed by atoms with Crippen LogP contribution in [0.15, 0.2) is 24.4 Å². The van der Waals surface area contributed by atoms with Crippen molar-refractivity contribution in [2.24, 2.45) is 5.73 Å². The van der Waals surface area contributed by atoms with Gasteiger partial charge in [0.15, 0.2) is 5.79 Å². The lowest BCUT2D eigenvalue weighted by Gasteiger charge is -2.53. The minimum Gasteiger partial charge on any atom is -0.353 e. The van der Waals surface area contributed by atoms with Gasteiger partial charge in [-0.05, 0) is 12.1 Å². The molecule has 4 heteroatoms. The number of hydrogen-bond acceptors (Lipinski definition) is 4. The molecule has 0 unspecified atom stereocenters. The molecule has 2 N–H and O–H groups in total. The number of pyridine rings is 1. The molecule has 1 heterocycles. The number of nitrogens with zero attached hydrogens (tertiary/aromatic N) is 1. The van der Waals surface area contributed by atoms with Crippen LogP contribution in [-0.4, -0.2) is 31.5 Å². The Bertz CT molecular complexity index is 341. The van der Waals surface area contributed by atoms with E-state index in [9.17, 15) is 0 Å². The second-order valence-corrected chi connectivity index (χ2v) is 4.37. The van der Waals surface area contributed by atoms with Gasteiger partial charge in [-0.25, -0.2) is 0 Å². The van der Waals surface area contributed by atoms with Gasteiger partial charge in [0.2, 0.25) is 0 Å². The molecule has 0 aliphatic heterocycles. The molecule has 0 spiro atoms. The highest BCUT2D eigenvalue weighted by molar-refractivity contribution is 5.25. The van der Waals surface area contributed by atoms with Crippen molar-refractivity contribution >= 4 is 0 Å². The SMILES string of the molecule is COC1(OC)CC(CN)(c2ccccn2)C1. The van der Waals surface area contributed by atoms with Crippen LogP contribution in [0, 0.1) is 0 Å². The largest absolute Gasteiger partial charge is 0.353 e. The topological polar surface area (TPSA) is 57.4 Å². The lowest BCUT2D eigenvalue weighted by molar-refractivity contribution is -0.277. The molecule has 16 heavy (non-hydrogen) atoms. The fourth-order valence-electron chi connectivity index (χ4n) is 2.46. The van der Waals surface area contributed by atoms with E-state index in [0.717, 1.165) is 18.5 Å². The lowest BCUT2D eigenvalue weighted by atomic mass is 9.62. The first kappa shape index (κ1) is 11.5. The molecule has 2 rings (SSSR count). The fourth-order valence-corrected chi connectivity index (χ4v) is 2.46. The van der Waals surface area contributed by atoms with Crippen LogP contribution in [0.5, 0.6) is 0 Å². The smallest absolute Gasteiger partial charge is 0.169 e. The first-order valence-electron chi connectivity index (χ1n) is 5.42. The van der Waals surface area contributed by atoms with Crippen molar-refractivity contribution in [3.63, 3.8) is 0 Å². The Kier molecular flexibility index (Phi) is 2.97. The van der Waals surface area contributed by atoms with Crippen molar-refractivity contribution in [3.8, 4) is 0 Å². The zero-order valence-corrected chi connectivity index (χ0v) is 9.77. The van der Waals surface area contributed by atoms with E-state index >= 15 is 0 Å². The molecule has 0 radical (unpaired) electrons. The molecule has 88 valence electrons. The minimum atomic E-state index is -0.475. The number of aromatic nitrogens is 1. The van der Waals surface area contributed by atoms with E-state index < -0.39 is 5.79 Å². The second kappa shape index (κ2) is 4.13. The summed E-state index contributed by atoms with van der Waals surface area (Å²) >= 11 is 0. The van der Waals surface area contributed by atoms with Crippen LogP contribution in [-0.2, 0) is 14.9 Å². The van der Waals surface area contributed by atoms with Crippen LogP contribution in [0.25, 0.3) is 0 Å². The molecule has 1 saturated carbocycles. The second-order valence-electron chi connectivity index (χ2n) is 4.37. The van der Waals surface area contributed by atoms with Crippen molar-refractivity contribution in [1.82, 2.24) is 4.98 Å². The number of ether oxygens (including phenoxy) is 2. The third-order valence-electron chi connectivity index (χ3n) is 3.56. The van der Waals surface area contributed by atoms with Gasteiger partial charge in [0.05, 0.1) is 0 Å². The molecule has 1 fully saturated rings. The van der Waals surface area contributed by atoms with Crippen LogP contribution in [0.4, 0.5) is 0 Å². The number of nitrogens with two attached hydrogens (primary N) is 1. The molecule has 0 aromatic carbocycles. The maximum absolute atomic E-state index is 5.88. The quantitative estimate of drug-likeness (QED) is 0.774. The van der Waals surface area contributed by atoms with Crippen LogP contribution in [0.2, 0.25) is 0 Å². The highest BCUT2D eigenvalue weighted by Crippen LogP contribution is 2.51. The highest BCUT2D eigenvalue weighted by atomic mass is 16.7. The molecule has 0 atom stereocenters. The number of methoxy groups -OCH3 is 2. The molecule has 4 nitrogen and oxygen atoms in total. The Balaban J connectivity index is 2.20. The highest BCUT2D eigenvalue weighted by Gasteiger charge is 2.56. The summed E-state index contributed by atoms with van der Waals surface area (Å²) in [5.74, 6) is -0.475. The molecule has 0 amide bonds. The van der Waals surface area contributed by atoms with Crippen molar-refractivity contribution in [2.75, 3.05) is 20.8 Å².